The van der Waals surface area contributed by atoms with Gasteiger partial charge in [0.25, 0.3) is 0 Å². The van der Waals surface area contributed by atoms with Gasteiger partial charge in [-0.25, -0.2) is 0 Å². The Hall–Kier alpha value is -0.650. The molecule has 5 heteroatoms. The third-order valence-corrected chi connectivity index (χ3v) is 4.60. The van der Waals surface area contributed by atoms with E-state index in [1.165, 1.54) is 25.7 Å². The van der Waals surface area contributed by atoms with Crippen molar-refractivity contribution in [3.8, 4) is 0 Å². The Morgan fingerprint density at radius 2 is 2.19 bits per heavy atom. The summed E-state index contributed by atoms with van der Waals surface area (Å²) in [5, 5.41) is 6.26. The minimum atomic E-state index is 0.0730. The van der Waals surface area contributed by atoms with Crippen LogP contribution in [-0.4, -0.2) is 63.8 Å². The highest BCUT2D eigenvalue weighted by Gasteiger charge is 2.36. The molecule has 1 aliphatic rings. The van der Waals surface area contributed by atoms with Crippen molar-refractivity contribution in [2.24, 2.45) is 5.92 Å². The van der Waals surface area contributed by atoms with Crippen molar-refractivity contribution in [3.05, 3.63) is 0 Å². The third-order valence-electron chi connectivity index (χ3n) is 4.60. The van der Waals surface area contributed by atoms with Crippen LogP contribution in [0.3, 0.4) is 0 Å². The van der Waals surface area contributed by atoms with Crippen LogP contribution in [0, 0.1) is 5.92 Å². The molecule has 1 fully saturated rings. The molecule has 0 spiro atoms. The minimum Gasteiger partial charge on any atom is -0.385 e. The average molecular weight is 299 g/mol. The molecule has 2 atom stereocenters. The molecule has 1 rings (SSSR count). The SMILES string of the molecule is COCCCNC(=O)CNCC1(N(C)C)CCCC(C)C1. The molecule has 0 aliphatic heterocycles. The lowest BCUT2D eigenvalue weighted by Crippen LogP contribution is -2.55. The van der Waals surface area contributed by atoms with E-state index in [1.807, 2.05) is 0 Å². The van der Waals surface area contributed by atoms with Crippen molar-refractivity contribution in [1.82, 2.24) is 15.5 Å². The van der Waals surface area contributed by atoms with Gasteiger partial charge in [-0.1, -0.05) is 19.8 Å². The van der Waals surface area contributed by atoms with Gasteiger partial charge in [0.05, 0.1) is 6.54 Å². The van der Waals surface area contributed by atoms with Crippen LogP contribution in [0.1, 0.15) is 39.0 Å². The number of hydrogen-bond acceptors (Lipinski definition) is 4. The number of nitrogens with zero attached hydrogens (tertiary/aromatic N) is 1. The molecule has 1 saturated carbocycles. The van der Waals surface area contributed by atoms with Crippen LogP contribution >= 0.6 is 0 Å². The van der Waals surface area contributed by atoms with Gasteiger partial charge in [-0.3, -0.25) is 4.79 Å². The van der Waals surface area contributed by atoms with Crippen molar-refractivity contribution in [2.45, 2.75) is 44.6 Å². The molecule has 1 amide bonds. The molecule has 0 radical (unpaired) electrons. The van der Waals surface area contributed by atoms with Crippen LogP contribution in [0.15, 0.2) is 0 Å². The van der Waals surface area contributed by atoms with Crippen LogP contribution in [0.2, 0.25) is 0 Å². The standard InChI is InChI=1S/C16H33N3O2/c1-14-7-5-8-16(11-14,19(2)3)13-17-12-15(20)18-9-6-10-21-4/h14,17H,5-13H2,1-4H3,(H,18,20). The number of amides is 1. The molecule has 2 N–H and O–H groups in total. The molecule has 5 nitrogen and oxygen atoms in total. The first-order valence-corrected chi connectivity index (χ1v) is 8.14. The number of ether oxygens (including phenoxy) is 1. The molecule has 0 heterocycles. The van der Waals surface area contributed by atoms with Crippen LogP contribution in [0.25, 0.3) is 0 Å². The molecule has 21 heavy (non-hydrogen) atoms. The van der Waals surface area contributed by atoms with Gasteiger partial charge in [0.1, 0.15) is 0 Å². The zero-order chi connectivity index (χ0) is 15.7. The summed E-state index contributed by atoms with van der Waals surface area (Å²) in [4.78, 5) is 14.1. The maximum atomic E-state index is 11.8. The monoisotopic (exact) mass is 299 g/mol. The summed E-state index contributed by atoms with van der Waals surface area (Å²) >= 11 is 0. The highest BCUT2D eigenvalue weighted by molar-refractivity contribution is 5.77. The summed E-state index contributed by atoms with van der Waals surface area (Å²) in [5.74, 6) is 0.842. The largest absolute Gasteiger partial charge is 0.385 e. The fourth-order valence-electron chi connectivity index (χ4n) is 3.27. The Balaban J connectivity index is 2.29. The first kappa shape index (κ1) is 18.4. The molecule has 124 valence electrons. The number of methoxy groups -OCH3 is 1. The van der Waals surface area contributed by atoms with E-state index in [0.717, 1.165) is 18.9 Å². The van der Waals surface area contributed by atoms with E-state index in [0.29, 0.717) is 19.7 Å². The maximum Gasteiger partial charge on any atom is 0.233 e. The Bertz CT molecular complexity index is 310. The van der Waals surface area contributed by atoms with Gasteiger partial charge < -0.3 is 20.3 Å². The third kappa shape index (κ3) is 6.32. The Morgan fingerprint density at radius 3 is 2.81 bits per heavy atom. The Kier molecular flexibility index (Phi) is 8.22. The van der Waals surface area contributed by atoms with Gasteiger partial charge in [0.15, 0.2) is 0 Å². The number of nitrogens with one attached hydrogen (secondary N) is 2. The molecular formula is C16H33N3O2. The molecule has 0 saturated heterocycles. The first-order valence-electron chi connectivity index (χ1n) is 8.14. The van der Waals surface area contributed by atoms with Crippen molar-refractivity contribution >= 4 is 5.91 Å². The molecule has 2 unspecified atom stereocenters. The van der Waals surface area contributed by atoms with Gasteiger partial charge >= 0.3 is 0 Å². The number of carbonyl (C=O) groups is 1. The average Bonchev–Trinajstić information content (AvgIpc) is 2.43. The van der Waals surface area contributed by atoms with Gasteiger partial charge in [0, 0.05) is 32.3 Å². The normalized spacial score (nSPS) is 26.0. The van der Waals surface area contributed by atoms with E-state index in [4.69, 9.17) is 4.74 Å². The molecule has 0 aromatic carbocycles. The van der Waals surface area contributed by atoms with Crippen LogP contribution < -0.4 is 10.6 Å². The molecule has 0 aromatic rings. The van der Waals surface area contributed by atoms with Crippen molar-refractivity contribution in [2.75, 3.05) is 47.4 Å². The predicted octanol–water partition coefficient (Wildman–Crippen LogP) is 1.24. The number of hydrogen-bond donors (Lipinski definition) is 2. The van der Waals surface area contributed by atoms with Crippen LogP contribution in [0.4, 0.5) is 0 Å². The summed E-state index contributed by atoms with van der Waals surface area (Å²) in [6.07, 6.45) is 5.90. The summed E-state index contributed by atoms with van der Waals surface area (Å²) in [6.45, 7) is 4.99. The van der Waals surface area contributed by atoms with Gasteiger partial charge in [-0.2, -0.15) is 0 Å². The highest BCUT2D eigenvalue weighted by Crippen LogP contribution is 2.35. The molecular weight excluding hydrogens is 266 g/mol. The Morgan fingerprint density at radius 1 is 1.43 bits per heavy atom. The van der Waals surface area contributed by atoms with E-state index < -0.39 is 0 Å². The van der Waals surface area contributed by atoms with Crippen LogP contribution in [-0.2, 0) is 9.53 Å². The van der Waals surface area contributed by atoms with E-state index in [-0.39, 0.29) is 11.4 Å². The summed E-state index contributed by atoms with van der Waals surface area (Å²) < 4.78 is 4.96. The fraction of sp³-hybridized carbons (Fsp3) is 0.938. The van der Waals surface area contributed by atoms with Gasteiger partial charge in [-0.05, 0) is 39.3 Å². The lowest BCUT2D eigenvalue weighted by atomic mass is 9.75. The fourth-order valence-corrected chi connectivity index (χ4v) is 3.27. The van der Waals surface area contributed by atoms with Crippen molar-refractivity contribution < 1.29 is 9.53 Å². The number of carbonyl (C=O) groups excluding carboxylic acids is 1. The highest BCUT2D eigenvalue weighted by atomic mass is 16.5. The molecule has 0 aromatic heterocycles. The van der Waals surface area contributed by atoms with E-state index in [9.17, 15) is 4.79 Å². The minimum absolute atomic E-state index is 0.0730. The lowest BCUT2D eigenvalue weighted by Gasteiger charge is -2.45. The van der Waals surface area contributed by atoms with Crippen molar-refractivity contribution in [3.63, 3.8) is 0 Å². The maximum absolute atomic E-state index is 11.8. The summed E-state index contributed by atoms with van der Waals surface area (Å²) in [5.41, 5.74) is 0.202. The predicted molar refractivity (Wildman–Crippen MR) is 86.4 cm³/mol. The Labute approximate surface area is 129 Å². The van der Waals surface area contributed by atoms with Gasteiger partial charge in [-0.15, -0.1) is 0 Å². The zero-order valence-electron chi connectivity index (χ0n) is 14.2. The van der Waals surface area contributed by atoms with E-state index in [2.05, 4.69) is 36.6 Å². The van der Waals surface area contributed by atoms with E-state index in [1.54, 1.807) is 7.11 Å². The number of likely N-dealkylation sites (N-methyl/N-ethyl adjacent to an activating group) is 1. The second-order valence-corrected chi connectivity index (χ2v) is 6.62. The van der Waals surface area contributed by atoms with Crippen LogP contribution in [0.5, 0.6) is 0 Å². The lowest BCUT2D eigenvalue weighted by molar-refractivity contribution is -0.120. The topological polar surface area (TPSA) is 53.6 Å². The molecule has 1 aliphatic carbocycles. The summed E-state index contributed by atoms with van der Waals surface area (Å²) in [6, 6.07) is 0. The van der Waals surface area contributed by atoms with Crippen molar-refractivity contribution in [1.29, 1.82) is 0 Å². The smallest absolute Gasteiger partial charge is 0.233 e. The first-order chi connectivity index (χ1) is 10.00. The second kappa shape index (κ2) is 9.38. The zero-order valence-corrected chi connectivity index (χ0v) is 14.2. The quantitative estimate of drug-likeness (QED) is 0.629. The van der Waals surface area contributed by atoms with E-state index >= 15 is 0 Å². The van der Waals surface area contributed by atoms with Gasteiger partial charge in [0.2, 0.25) is 5.91 Å². The molecule has 0 bridgehead atoms. The summed E-state index contributed by atoms with van der Waals surface area (Å²) in [7, 11) is 5.99. The second-order valence-electron chi connectivity index (χ2n) is 6.62. The number of rotatable bonds is 9.